The fourth-order valence-corrected chi connectivity index (χ4v) is 4.53. The Morgan fingerprint density at radius 2 is 2.05 bits per heavy atom. The number of hydrogen-bond donors (Lipinski definition) is 2. The number of carbonyl (C=O) groups is 2. The maximum absolute atomic E-state index is 11.8. The molecule has 3 atom stereocenters. The van der Waals surface area contributed by atoms with Gasteiger partial charge in [0.15, 0.2) is 0 Å². The average molecular weight is 298 g/mol. The van der Waals surface area contributed by atoms with Crippen molar-refractivity contribution in [2.24, 2.45) is 5.41 Å². The van der Waals surface area contributed by atoms with Crippen molar-refractivity contribution in [3.8, 4) is 0 Å². The second-order valence-electron chi connectivity index (χ2n) is 7.14. The summed E-state index contributed by atoms with van der Waals surface area (Å²) in [5, 5.41) is 6.47. The molecule has 2 amide bonds. The molecule has 0 aromatic heterocycles. The summed E-state index contributed by atoms with van der Waals surface area (Å²) >= 11 is 1.94. The molecule has 0 aromatic rings. The number of thioether (sulfide) groups is 1. The molecule has 0 aromatic carbocycles. The van der Waals surface area contributed by atoms with E-state index in [9.17, 15) is 9.59 Å². The van der Waals surface area contributed by atoms with Crippen LogP contribution in [0.15, 0.2) is 0 Å². The highest BCUT2D eigenvalue weighted by atomic mass is 32.2. The minimum atomic E-state index is -0.0225. The second kappa shape index (κ2) is 6.37. The highest BCUT2D eigenvalue weighted by molar-refractivity contribution is 8.00. The van der Waals surface area contributed by atoms with E-state index in [4.69, 9.17) is 0 Å². The SMILES string of the molecule is CC(C)(C)CC(=O)CCCCC1SCC2NC(=O)NC21. The molecule has 0 bridgehead atoms. The smallest absolute Gasteiger partial charge is 0.315 e. The standard InChI is InChI=1S/C15H26N2O2S/c1-15(2,3)8-10(18)6-4-5-7-12-13-11(9-20-12)16-14(19)17-13/h11-13H,4-9H2,1-3H3,(H2,16,17,19). The number of hydrogen-bond acceptors (Lipinski definition) is 3. The molecular weight excluding hydrogens is 272 g/mol. The largest absolute Gasteiger partial charge is 0.332 e. The molecule has 2 aliphatic heterocycles. The van der Waals surface area contributed by atoms with Gasteiger partial charge in [0.2, 0.25) is 0 Å². The molecule has 2 N–H and O–H groups in total. The molecule has 0 aliphatic carbocycles. The van der Waals surface area contributed by atoms with Gasteiger partial charge in [0.25, 0.3) is 0 Å². The van der Waals surface area contributed by atoms with Crippen LogP contribution < -0.4 is 10.6 Å². The Morgan fingerprint density at radius 1 is 1.30 bits per heavy atom. The number of unbranched alkanes of at least 4 members (excludes halogenated alkanes) is 1. The maximum atomic E-state index is 11.8. The molecule has 0 spiro atoms. The summed E-state index contributed by atoms with van der Waals surface area (Å²) in [7, 11) is 0. The molecule has 0 saturated carbocycles. The molecule has 114 valence electrons. The number of amides is 2. The normalized spacial score (nSPS) is 28.9. The zero-order valence-electron chi connectivity index (χ0n) is 12.7. The first-order valence-electron chi connectivity index (χ1n) is 7.55. The second-order valence-corrected chi connectivity index (χ2v) is 8.42. The Hall–Kier alpha value is -0.710. The van der Waals surface area contributed by atoms with Crippen LogP contribution in [0, 0.1) is 5.41 Å². The monoisotopic (exact) mass is 298 g/mol. The summed E-state index contributed by atoms with van der Waals surface area (Å²) in [6.07, 6.45) is 4.52. The third-order valence-electron chi connectivity index (χ3n) is 3.86. The van der Waals surface area contributed by atoms with Crippen LogP contribution in [-0.2, 0) is 4.79 Å². The summed E-state index contributed by atoms with van der Waals surface area (Å²) in [6, 6.07) is 0.573. The lowest BCUT2D eigenvalue weighted by molar-refractivity contribution is -0.120. The fourth-order valence-electron chi connectivity index (χ4n) is 2.99. The Morgan fingerprint density at radius 3 is 2.75 bits per heavy atom. The molecule has 2 rings (SSSR count). The van der Waals surface area contributed by atoms with Crippen molar-refractivity contribution in [1.29, 1.82) is 0 Å². The third-order valence-corrected chi connectivity index (χ3v) is 5.37. The van der Waals surface area contributed by atoms with Crippen LogP contribution in [0.5, 0.6) is 0 Å². The summed E-state index contributed by atoms with van der Waals surface area (Å²) < 4.78 is 0. The van der Waals surface area contributed by atoms with Crippen LogP contribution in [0.4, 0.5) is 4.79 Å². The van der Waals surface area contributed by atoms with Crippen molar-refractivity contribution in [3.63, 3.8) is 0 Å². The first-order chi connectivity index (χ1) is 9.35. The van der Waals surface area contributed by atoms with E-state index in [1.165, 1.54) is 0 Å². The maximum Gasteiger partial charge on any atom is 0.315 e. The van der Waals surface area contributed by atoms with Gasteiger partial charge in [-0.1, -0.05) is 27.2 Å². The topological polar surface area (TPSA) is 58.2 Å². The molecule has 0 radical (unpaired) electrons. The average Bonchev–Trinajstić information content (AvgIpc) is 2.82. The van der Waals surface area contributed by atoms with E-state index in [2.05, 4.69) is 31.4 Å². The van der Waals surface area contributed by atoms with E-state index in [1.54, 1.807) is 0 Å². The van der Waals surface area contributed by atoms with Crippen LogP contribution in [0.2, 0.25) is 0 Å². The molecular formula is C15H26N2O2S. The van der Waals surface area contributed by atoms with Gasteiger partial charge in [0.1, 0.15) is 5.78 Å². The number of fused-ring (bicyclic) bond motifs is 1. The minimum Gasteiger partial charge on any atom is -0.332 e. The van der Waals surface area contributed by atoms with E-state index < -0.39 is 0 Å². The number of Topliss-reactive ketones (excluding diaryl/α,β-unsaturated/α-hetero) is 1. The van der Waals surface area contributed by atoms with Crippen molar-refractivity contribution in [2.75, 3.05) is 5.75 Å². The molecule has 5 heteroatoms. The zero-order chi connectivity index (χ0) is 14.8. The number of rotatable bonds is 6. The van der Waals surface area contributed by atoms with Crippen LogP contribution in [0.25, 0.3) is 0 Å². The van der Waals surface area contributed by atoms with Crippen LogP contribution in [0.3, 0.4) is 0 Å². The summed E-state index contributed by atoms with van der Waals surface area (Å²) in [6.45, 7) is 6.32. The van der Waals surface area contributed by atoms with Gasteiger partial charge < -0.3 is 10.6 Å². The van der Waals surface area contributed by atoms with E-state index in [0.717, 1.165) is 25.0 Å². The third kappa shape index (κ3) is 4.40. The predicted octanol–water partition coefficient (Wildman–Crippen LogP) is 2.72. The molecule has 20 heavy (non-hydrogen) atoms. The highest BCUT2D eigenvalue weighted by Gasteiger charge is 2.42. The van der Waals surface area contributed by atoms with E-state index in [1.807, 2.05) is 11.8 Å². The molecule has 2 fully saturated rings. The van der Waals surface area contributed by atoms with Gasteiger partial charge in [0.05, 0.1) is 12.1 Å². The van der Waals surface area contributed by atoms with Gasteiger partial charge in [-0.2, -0.15) is 11.8 Å². The van der Waals surface area contributed by atoms with Gasteiger partial charge in [0, 0.05) is 23.8 Å². The number of carbonyl (C=O) groups excluding carboxylic acids is 2. The van der Waals surface area contributed by atoms with E-state index in [0.29, 0.717) is 29.9 Å². The van der Waals surface area contributed by atoms with Crippen LogP contribution >= 0.6 is 11.8 Å². The Labute approximate surface area is 125 Å². The van der Waals surface area contributed by atoms with E-state index >= 15 is 0 Å². The quantitative estimate of drug-likeness (QED) is 0.585. The lowest BCUT2D eigenvalue weighted by Gasteiger charge is -2.18. The summed E-state index contributed by atoms with van der Waals surface area (Å²) in [5.74, 6) is 1.39. The Bertz CT molecular complexity index is 379. The van der Waals surface area contributed by atoms with E-state index in [-0.39, 0.29) is 17.5 Å². The molecule has 2 heterocycles. The van der Waals surface area contributed by atoms with Crippen molar-refractivity contribution < 1.29 is 9.59 Å². The van der Waals surface area contributed by atoms with Gasteiger partial charge in [-0.15, -0.1) is 0 Å². The molecule has 4 nitrogen and oxygen atoms in total. The Balaban J connectivity index is 1.62. The first kappa shape index (κ1) is 15.7. The van der Waals surface area contributed by atoms with Crippen LogP contribution in [-0.4, -0.2) is 34.9 Å². The lowest BCUT2D eigenvalue weighted by atomic mass is 9.88. The van der Waals surface area contributed by atoms with Crippen molar-refractivity contribution in [2.45, 2.75) is 70.2 Å². The van der Waals surface area contributed by atoms with Gasteiger partial charge in [-0.3, -0.25) is 4.79 Å². The number of urea groups is 1. The van der Waals surface area contributed by atoms with Gasteiger partial charge in [-0.25, -0.2) is 4.79 Å². The number of nitrogens with one attached hydrogen (secondary N) is 2. The first-order valence-corrected chi connectivity index (χ1v) is 8.60. The molecule has 2 saturated heterocycles. The van der Waals surface area contributed by atoms with Crippen molar-refractivity contribution in [3.05, 3.63) is 0 Å². The fraction of sp³-hybridized carbons (Fsp3) is 0.867. The number of ketones is 1. The minimum absolute atomic E-state index is 0.0225. The van der Waals surface area contributed by atoms with Crippen molar-refractivity contribution in [1.82, 2.24) is 10.6 Å². The lowest BCUT2D eigenvalue weighted by Crippen LogP contribution is -2.36. The van der Waals surface area contributed by atoms with Gasteiger partial charge >= 0.3 is 6.03 Å². The van der Waals surface area contributed by atoms with Gasteiger partial charge in [-0.05, 0) is 18.3 Å². The van der Waals surface area contributed by atoms with Crippen molar-refractivity contribution >= 4 is 23.6 Å². The summed E-state index contributed by atoms with van der Waals surface area (Å²) in [4.78, 5) is 23.1. The zero-order valence-corrected chi connectivity index (χ0v) is 13.5. The Kier molecular flexibility index (Phi) is 4.99. The van der Waals surface area contributed by atoms with Crippen LogP contribution in [0.1, 0.15) is 52.9 Å². The summed E-state index contributed by atoms with van der Waals surface area (Å²) in [5.41, 5.74) is 0.103. The molecule has 2 aliphatic rings. The predicted molar refractivity (Wildman–Crippen MR) is 83.0 cm³/mol. The highest BCUT2D eigenvalue weighted by Crippen LogP contribution is 2.33. The molecule has 3 unspecified atom stereocenters.